The summed E-state index contributed by atoms with van der Waals surface area (Å²) in [4.78, 5) is 25.0. The van der Waals surface area contributed by atoms with Gasteiger partial charge in [-0.25, -0.2) is 4.79 Å². The van der Waals surface area contributed by atoms with E-state index in [4.69, 9.17) is 9.47 Å². The zero-order valence-electron chi connectivity index (χ0n) is 14.7. The second kappa shape index (κ2) is 6.74. The standard InChI is InChI=1S/C18H23N3O4/c1-12-7-9-18(10-8-12)16(22)21(17(23)20-18)19-11-13-5-4-6-14(24-2)15(13)25-3/h4-6,11-12H,7-10H2,1-3H3,(H,20,23)/b19-11+. The molecule has 7 heteroatoms. The molecule has 1 heterocycles. The summed E-state index contributed by atoms with van der Waals surface area (Å²) < 4.78 is 10.6. The van der Waals surface area contributed by atoms with Gasteiger partial charge < -0.3 is 14.8 Å². The van der Waals surface area contributed by atoms with E-state index in [2.05, 4.69) is 17.3 Å². The number of ether oxygens (including phenoxy) is 2. The average molecular weight is 345 g/mol. The number of carbonyl (C=O) groups excluding carboxylic acids is 2. The Balaban J connectivity index is 1.83. The van der Waals surface area contributed by atoms with Crippen LogP contribution in [0.3, 0.4) is 0 Å². The van der Waals surface area contributed by atoms with Gasteiger partial charge in [-0.3, -0.25) is 4.79 Å². The number of methoxy groups -OCH3 is 2. The fourth-order valence-corrected chi connectivity index (χ4v) is 3.44. The van der Waals surface area contributed by atoms with Gasteiger partial charge in [-0.15, -0.1) is 5.01 Å². The first-order valence-electron chi connectivity index (χ1n) is 8.42. The van der Waals surface area contributed by atoms with Gasteiger partial charge >= 0.3 is 6.03 Å². The van der Waals surface area contributed by atoms with E-state index >= 15 is 0 Å². The number of para-hydroxylation sites is 1. The normalized spacial score (nSPS) is 26.4. The summed E-state index contributed by atoms with van der Waals surface area (Å²) in [7, 11) is 3.07. The zero-order valence-corrected chi connectivity index (χ0v) is 14.7. The summed E-state index contributed by atoms with van der Waals surface area (Å²) in [5.74, 6) is 1.36. The van der Waals surface area contributed by atoms with Crippen LogP contribution in [0.15, 0.2) is 23.3 Å². The van der Waals surface area contributed by atoms with Crippen LogP contribution in [0, 0.1) is 5.92 Å². The number of imide groups is 1. The maximum absolute atomic E-state index is 12.8. The van der Waals surface area contributed by atoms with E-state index in [1.54, 1.807) is 25.3 Å². The molecular weight excluding hydrogens is 322 g/mol. The van der Waals surface area contributed by atoms with Crippen LogP contribution >= 0.6 is 0 Å². The molecule has 0 atom stereocenters. The Morgan fingerprint density at radius 2 is 1.96 bits per heavy atom. The number of urea groups is 1. The molecule has 1 N–H and O–H groups in total. The van der Waals surface area contributed by atoms with Crippen LogP contribution in [-0.4, -0.2) is 42.9 Å². The molecule has 3 amide bonds. The van der Waals surface area contributed by atoms with Gasteiger partial charge in [0, 0.05) is 5.56 Å². The first-order valence-corrected chi connectivity index (χ1v) is 8.42. The quantitative estimate of drug-likeness (QED) is 0.672. The first-order chi connectivity index (χ1) is 12.0. The van der Waals surface area contributed by atoms with Gasteiger partial charge in [0.2, 0.25) is 0 Å². The van der Waals surface area contributed by atoms with Gasteiger partial charge in [0.15, 0.2) is 11.5 Å². The van der Waals surface area contributed by atoms with E-state index in [0.29, 0.717) is 35.8 Å². The zero-order chi connectivity index (χ0) is 18.0. The lowest BCUT2D eigenvalue weighted by Gasteiger charge is -2.33. The van der Waals surface area contributed by atoms with Crippen LogP contribution < -0.4 is 14.8 Å². The minimum Gasteiger partial charge on any atom is -0.493 e. The molecule has 0 bridgehead atoms. The molecule has 1 aliphatic carbocycles. The number of rotatable bonds is 4. The molecule has 2 fully saturated rings. The highest BCUT2D eigenvalue weighted by Crippen LogP contribution is 2.36. The Bertz CT molecular complexity index is 708. The summed E-state index contributed by atoms with van der Waals surface area (Å²) in [6.07, 6.45) is 4.62. The van der Waals surface area contributed by atoms with Gasteiger partial charge in [0.25, 0.3) is 5.91 Å². The fraction of sp³-hybridized carbons (Fsp3) is 0.500. The number of amides is 3. The summed E-state index contributed by atoms with van der Waals surface area (Å²) in [5, 5.41) is 7.89. The Hall–Kier alpha value is -2.57. The summed E-state index contributed by atoms with van der Waals surface area (Å²) >= 11 is 0. The van der Waals surface area contributed by atoms with Crippen LogP contribution in [0.25, 0.3) is 0 Å². The molecule has 1 aromatic rings. The Kier molecular flexibility index (Phi) is 4.65. The molecule has 25 heavy (non-hydrogen) atoms. The predicted octanol–water partition coefficient (Wildman–Crippen LogP) is 2.54. The Morgan fingerprint density at radius 1 is 1.24 bits per heavy atom. The lowest BCUT2D eigenvalue weighted by atomic mass is 9.77. The van der Waals surface area contributed by atoms with Crippen LogP contribution in [0.1, 0.15) is 38.2 Å². The third kappa shape index (κ3) is 3.06. The number of hydrogen-bond acceptors (Lipinski definition) is 5. The molecule has 0 radical (unpaired) electrons. The van der Waals surface area contributed by atoms with Crippen molar-refractivity contribution in [2.75, 3.05) is 14.2 Å². The molecule has 0 aromatic heterocycles. The Morgan fingerprint density at radius 3 is 2.60 bits per heavy atom. The van der Waals surface area contributed by atoms with Crippen molar-refractivity contribution >= 4 is 18.2 Å². The average Bonchev–Trinajstić information content (AvgIpc) is 2.85. The van der Waals surface area contributed by atoms with Crippen molar-refractivity contribution in [2.24, 2.45) is 11.0 Å². The number of hydrogen-bond donors (Lipinski definition) is 1. The summed E-state index contributed by atoms with van der Waals surface area (Å²) in [6, 6.07) is 4.86. The second-order valence-corrected chi connectivity index (χ2v) is 6.64. The number of nitrogens with one attached hydrogen (secondary N) is 1. The Labute approximate surface area is 147 Å². The van der Waals surface area contributed by atoms with Crippen molar-refractivity contribution in [1.82, 2.24) is 10.3 Å². The summed E-state index contributed by atoms with van der Waals surface area (Å²) in [5.41, 5.74) is -0.167. The first kappa shape index (κ1) is 17.3. The van der Waals surface area contributed by atoms with Gasteiger partial charge in [-0.1, -0.05) is 13.0 Å². The molecule has 1 saturated heterocycles. The van der Waals surface area contributed by atoms with Crippen molar-refractivity contribution in [1.29, 1.82) is 0 Å². The van der Waals surface area contributed by atoms with Gasteiger partial charge in [0.05, 0.1) is 20.4 Å². The lowest BCUT2D eigenvalue weighted by Crippen LogP contribution is -2.49. The number of hydrazone groups is 1. The topological polar surface area (TPSA) is 80.2 Å². The maximum atomic E-state index is 12.8. The van der Waals surface area contributed by atoms with Crippen LogP contribution in [0.2, 0.25) is 0 Å². The molecule has 1 saturated carbocycles. The molecule has 0 unspecified atom stereocenters. The molecule has 1 aliphatic heterocycles. The molecule has 134 valence electrons. The van der Waals surface area contributed by atoms with Gasteiger partial charge in [-0.2, -0.15) is 5.10 Å². The van der Waals surface area contributed by atoms with E-state index in [9.17, 15) is 9.59 Å². The van der Waals surface area contributed by atoms with Gasteiger partial charge in [-0.05, 0) is 43.7 Å². The number of carbonyl (C=O) groups is 2. The molecule has 1 spiro atoms. The van der Waals surface area contributed by atoms with E-state index in [0.717, 1.165) is 17.9 Å². The minimum atomic E-state index is -0.792. The largest absolute Gasteiger partial charge is 0.493 e. The number of nitrogens with zero attached hydrogens (tertiary/aromatic N) is 2. The second-order valence-electron chi connectivity index (χ2n) is 6.64. The molecule has 3 rings (SSSR count). The van der Waals surface area contributed by atoms with E-state index in [1.165, 1.54) is 13.3 Å². The van der Waals surface area contributed by atoms with Crippen molar-refractivity contribution in [2.45, 2.75) is 38.1 Å². The van der Waals surface area contributed by atoms with Crippen molar-refractivity contribution in [3.63, 3.8) is 0 Å². The fourth-order valence-electron chi connectivity index (χ4n) is 3.44. The van der Waals surface area contributed by atoms with Gasteiger partial charge in [0.1, 0.15) is 5.54 Å². The van der Waals surface area contributed by atoms with E-state index in [-0.39, 0.29) is 5.91 Å². The number of benzene rings is 1. The third-order valence-electron chi connectivity index (χ3n) is 5.01. The third-order valence-corrected chi connectivity index (χ3v) is 5.01. The maximum Gasteiger partial charge on any atom is 0.346 e. The lowest BCUT2D eigenvalue weighted by molar-refractivity contribution is -0.132. The highest BCUT2D eigenvalue weighted by atomic mass is 16.5. The minimum absolute atomic E-state index is 0.275. The molecular formula is C18H23N3O4. The van der Waals surface area contributed by atoms with Crippen LogP contribution in [0.4, 0.5) is 4.79 Å². The molecule has 2 aliphatic rings. The highest BCUT2D eigenvalue weighted by Gasteiger charge is 2.52. The van der Waals surface area contributed by atoms with Crippen LogP contribution in [0.5, 0.6) is 11.5 Å². The van der Waals surface area contributed by atoms with Crippen molar-refractivity contribution in [3.05, 3.63) is 23.8 Å². The van der Waals surface area contributed by atoms with Crippen molar-refractivity contribution in [3.8, 4) is 11.5 Å². The monoisotopic (exact) mass is 345 g/mol. The molecule has 7 nitrogen and oxygen atoms in total. The predicted molar refractivity (Wildman–Crippen MR) is 92.9 cm³/mol. The van der Waals surface area contributed by atoms with Crippen molar-refractivity contribution < 1.29 is 19.1 Å². The smallest absolute Gasteiger partial charge is 0.346 e. The van der Waals surface area contributed by atoms with E-state index in [1.807, 2.05) is 0 Å². The van der Waals surface area contributed by atoms with Crippen LogP contribution in [-0.2, 0) is 4.79 Å². The SMILES string of the molecule is COc1cccc(/C=N/N2C(=O)NC3(CCC(C)CC3)C2=O)c1OC. The summed E-state index contributed by atoms with van der Waals surface area (Å²) in [6.45, 7) is 2.17. The highest BCUT2D eigenvalue weighted by molar-refractivity contribution is 6.07. The molecule has 1 aromatic carbocycles. The van der Waals surface area contributed by atoms with E-state index < -0.39 is 11.6 Å².